The lowest BCUT2D eigenvalue weighted by atomic mass is 10.0. The summed E-state index contributed by atoms with van der Waals surface area (Å²) in [5.74, 6) is -0.432. The Morgan fingerprint density at radius 1 is 0.829 bits per heavy atom. The molecule has 0 aliphatic rings. The lowest BCUT2D eigenvalue weighted by molar-refractivity contribution is -0.140. The summed E-state index contributed by atoms with van der Waals surface area (Å²) in [5.41, 5.74) is 3.33. The van der Waals surface area contributed by atoms with E-state index in [1.807, 2.05) is 64.1 Å². The van der Waals surface area contributed by atoms with Gasteiger partial charge in [0.1, 0.15) is 12.6 Å². The van der Waals surface area contributed by atoms with Gasteiger partial charge in [-0.15, -0.1) is 0 Å². The van der Waals surface area contributed by atoms with E-state index in [1.54, 1.807) is 30.3 Å². The van der Waals surface area contributed by atoms with Crippen molar-refractivity contribution in [1.82, 2.24) is 10.2 Å². The second-order valence-electron chi connectivity index (χ2n) is 10.8. The number of aryl methyl sites for hydroxylation is 1. The van der Waals surface area contributed by atoms with Gasteiger partial charge in [0.2, 0.25) is 11.8 Å². The maximum absolute atomic E-state index is 14.2. The van der Waals surface area contributed by atoms with E-state index in [1.165, 1.54) is 17.0 Å². The predicted octanol–water partition coefficient (Wildman–Crippen LogP) is 6.04. The first-order valence-electron chi connectivity index (χ1n) is 14.3. The van der Waals surface area contributed by atoms with Crippen LogP contribution in [0.15, 0.2) is 83.8 Å². The van der Waals surface area contributed by atoms with E-state index in [9.17, 15) is 18.0 Å². The van der Waals surface area contributed by atoms with Gasteiger partial charge < -0.3 is 10.2 Å². The number of anilines is 1. The van der Waals surface area contributed by atoms with Gasteiger partial charge in [0.05, 0.1) is 10.6 Å². The second-order valence-corrected chi connectivity index (χ2v) is 12.6. The first-order valence-corrected chi connectivity index (χ1v) is 15.8. The zero-order valence-electron chi connectivity index (χ0n) is 25.0. The maximum atomic E-state index is 14.2. The third kappa shape index (κ3) is 7.97. The van der Waals surface area contributed by atoms with Crippen LogP contribution < -0.4 is 9.62 Å². The molecule has 0 spiro atoms. The molecule has 3 aromatic rings. The number of hydrogen-bond acceptors (Lipinski definition) is 4. The van der Waals surface area contributed by atoms with Crippen LogP contribution in [-0.4, -0.2) is 43.8 Å². The topological polar surface area (TPSA) is 86.8 Å². The van der Waals surface area contributed by atoms with Gasteiger partial charge in [-0.25, -0.2) is 8.42 Å². The number of carbonyl (C=O) groups excluding carboxylic acids is 2. The predicted molar refractivity (Wildman–Crippen MR) is 165 cm³/mol. The Bertz CT molecular complexity index is 1410. The van der Waals surface area contributed by atoms with Crippen LogP contribution in [0.4, 0.5) is 5.69 Å². The smallest absolute Gasteiger partial charge is 0.264 e. The summed E-state index contributed by atoms with van der Waals surface area (Å²) in [6.07, 6.45) is 1.14. The molecule has 0 aliphatic carbocycles. The van der Waals surface area contributed by atoms with Crippen LogP contribution in [0.1, 0.15) is 70.1 Å². The number of nitrogens with one attached hydrogen (secondary N) is 1. The van der Waals surface area contributed by atoms with Crippen LogP contribution in [0, 0.1) is 6.92 Å². The van der Waals surface area contributed by atoms with Gasteiger partial charge in [-0.1, -0.05) is 82.3 Å². The molecule has 2 atom stereocenters. The highest BCUT2D eigenvalue weighted by Crippen LogP contribution is 2.27. The monoisotopic (exact) mass is 577 g/mol. The number of benzene rings is 3. The minimum absolute atomic E-state index is 0.0543. The molecule has 0 fully saturated rings. The summed E-state index contributed by atoms with van der Waals surface area (Å²) in [7, 11) is -4.09. The molecule has 41 heavy (non-hydrogen) atoms. The number of rotatable bonds is 13. The molecular weight excluding hydrogens is 534 g/mol. The Labute approximate surface area is 245 Å². The Balaban J connectivity index is 2.07. The van der Waals surface area contributed by atoms with Crippen molar-refractivity contribution < 1.29 is 18.0 Å². The first kappa shape index (κ1) is 31.9. The molecule has 0 saturated carbocycles. The van der Waals surface area contributed by atoms with Gasteiger partial charge in [-0.3, -0.25) is 13.9 Å². The molecule has 0 bridgehead atoms. The quantitative estimate of drug-likeness (QED) is 0.269. The summed E-state index contributed by atoms with van der Waals surface area (Å²) in [6, 6.07) is 22.2. The zero-order valence-corrected chi connectivity index (χ0v) is 25.8. The molecule has 0 radical (unpaired) electrons. The third-order valence-electron chi connectivity index (χ3n) is 7.45. The second kappa shape index (κ2) is 14.3. The Morgan fingerprint density at radius 3 is 2.00 bits per heavy atom. The van der Waals surface area contributed by atoms with Crippen LogP contribution in [0.5, 0.6) is 0 Å². The van der Waals surface area contributed by atoms with E-state index < -0.39 is 28.5 Å². The minimum Gasteiger partial charge on any atom is -0.352 e. The summed E-state index contributed by atoms with van der Waals surface area (Å²) in [4.78, 5) is 29.2. The van der Waals surface area contributed by atoms with E-state index in [2.05, 4.69) is 19.2 Å². The molecular formula is C33H43N3O4S. The van der Waals surface area contributed by atoms with Crippen LogP contribution >= 0.6 is 0 Å². The zero-order chi connectivity index (χ0) is 30.2. The van der Waals surface area contributed by atoms with Crippen LogP contribution in [0.2, 0.25) is 0 Å². The number of hydrogen-bond donors (Lipinski definition) is 1. The average Bonchev–Trinajstić information content (AvgIpc) is 2.97. The lowest BCUT2D eigenvalue weighted by Crippen LogP contribution is -2.53. The summed E-state index contributed by atoms with van der Waals surface area (Å²) in [5, 5.41) is 3.01. The third-order valence-corrected chi connectivity index (χ3v) is 9.23. The molecule has 3 rings (SSSR count). The molecule has 0 unspecified atom stereocenters. The maximum Gasteiger partial charge on any atom is 0.264 e. The Kier molecular flexibility index (Phi) is 11.1. The molecule has 0 aliphatic heterocycles. The number of amides is 2. The van der Waals surface area contributed by atoms with Crippen molar-refractivity contribution in [1.29, 1.82) is 0 Å². The fourth-order valence-corrected chi connectivity index (χ4v) is 6.04. The highest BCUT2D eigenvalue weighted by atomic mass is 32.2. The standard InChI is InChI=1S/C33H43N3O4S/c1-7-26(6)34-33(38)31(8-2)35(22-28-15-13-12-14-25(28)5)32(37)23-36(29-20-18-27(19-21-29)24(3)4)41(39,40)30-16-10-9-11-17-30/h9-21,24,26,31H,7-8,22-23H2,1-6H3,(H,34,38)/t26-,31-/m0/s1. The van der Waals surface area contributed by atoms with Crippen LogP contribution in [-0.2, 0) is 26.2 Å². The van der Waals surface area contributed by atoms with Gasteiger partial charge in [-0.2, -0.15) is 0 Å². The van der Waals surface area contributed by atoms with E-state index in [4.69, 9.17) is 0 Å². The Hall–Kier alpha value is -3.65. The molecule has 1 N–H and O–H groups in total. The summed E-state index contributed by atoms with van der Waals surface area (Å²) >= 11 is 0. The van der Waals surface area contributed by atoms with Gasteiger partial charge in [0, 0.05) is 12.6 Å². The van der Waals surface area contributed by atoms with Crippen molar-refractivity contribution in [3.05, 3.63) is 95.6 Å². The van der Waals surface area contributed by atoms with Gasteiger partial charge in [0.15, 0.2) is 0 Å². The lowest BCUT2D eigenvalue weighted by Gasteiger charge is -2.34. The largest absolute Gasteiger partial charge is 0.352 e. The summed E-state index contributed by atoms with van der Waals surface area (Å²) < 4.78 is 29.1. The van der Waals surface area contributed by atoms with Crippen LogP contribution in [0.25, 0.3) is 0 Å². The van der Waals surface area contributed by atoms with Crippen molar-refractivity contribution in [3.8, 4) is 0 Å². The average molecular weight is 578 g/mol. The minimum atomic E-state index is -4.09. The molecule has 0 saturated heterocycles. The molecule has 2 amide bonds. The van der Waals surface area contributed by atoms with E-state index in [0.29, 0.717) is 12.1 Å². The van der Waals surface area contributed by atoms with Crippen molar-refractivity contribution in [2.24, 2.45) is 0 Å². The van der Waals surface area contributed by atoms with Gasteiger partial charge in [-0.05, 0) is 73.6 Å². The SMILES string of the molecule is CC[C@H](C)NC(=O)[C@H](CC)N(Cc1ccccc1C)C(=O)CN(c1ccc(C(C)C)cc1)S(=O)(=O)c1ccccc1. The molecule has 220 valence electrons. The first-order chi connectivity index (χ1) is 19.5. The number of nitrogens with zero attached hydrogens (tertiary/aromatic N) is 2. The molecule has 7 nitrogen and oxygen atoms in total. The number of sulfonamides is 1. The highest BCUT2D eigenvalue weighted by Gasteiger charge is 2.34. The molecule has 8 heteroatoms. The molecule has 0 aromatic heterocycles. The fourth-order valence-electron chi connectivity index (χ4n) is 4.61. The molecule has 3 aromatic carbocycles. The fraction of sp³-hybridized carbons (Fsp3) is 0.394. The van der Waals surface area contributed by atoms with Crippen molar-refractivity contribution in [2.75, 3.05) is 10.8 Å². The summed E-state index contributed by atoms with van der Waals surface area (Å²) in [6.45, 7) is 11.6. The van der Waals surface area contributed by atoms with E-state index in [-0.39, 0.29) is 29.3 Å². The van der Waals surface area contributed by atoms with Crippen molar-refractivity contribution >= 4 is 27.5 Å². The normalized spacial score (nSPS) is 13.0. The Morgan fingerprint density at radius 2 is 1.44 bits per heavy atom. The van der Waals surface area contributed by atoms with Crippen LogP contribution in [0.3, 0.4) is 0 Å². The molecule has 0 heterocycles. The van der Waals surface area contributed by atoms with Crippen molar-refractivity contribution in [2.45, 2.75) is 83.8 Å². The van der Waals surface area contributed by atoms with Gasteiger partial charge >= 0.3 is 0 Å². The van der Waals surface area contributed by atoms with Gasteiger partial charge in [0.25, 0.3) is 10.0 Å². The van der Waals surface area contributed by atoms with E-state index in [0.717, 1.165) is 27.4 Å². The van der Waals surface area contributed by atoms with E-state index >= 15 is 0 Å². The highest BCUT2D eigenvalue weighted by molar-refractivity contribution is 7.92. The number of carbonyl (C=O) groups is 2. The van der Waals surface area contributed by atoms with Crippen molar-refractivity contribution in [3.63, 3.8) is 0 Å².